The van der Waals surface area contributed by atoms with Crippen LogP contribution in [0.5, 0.6) is 0 Å². The Morgan fingerprint density at radius 1 is 1.64 bits per heavy atom. The summed E-state index contributed by atoms with van der Waals surface area (Å²) in [6.07, 6.45) is 3.84. The fraction of sp³-hybridized carbons (Fsp3) is 0.222. The van der Waals surface area contributed by atoms with Gasteiger partial charge in [0.2, 0.25) is 0 Å². The molecule has 2 heterocycles. The second-order valence-corrected chi connectivity index (χ2v) is 5.34. The summed E-state index contributed by atoms with van der Waals surface area (Å²) in [5.74, 6) is 0. The third-order valence-corrected chi connectivity index (χ3v) is 3.38. The summed E-state index contributed by atoms with van der Waals surface area (Å²) in [5, 5.41) is 4.21. The van der Waals surface area contributed by atoms with Crippen molar-refractivity contribution in [2.45, 2.75) is 6.54 Å². The van der Waals surface area contributed by atoms with E-state index in [1.165, 1.54) is 5.69 Å². The molecule has 0 spiro atoms. The predicted octanol–water partition coefficient (Wildman–Crippen LogP) is 2.86. The van der Waals surface area contributed by atoms with Crippen molar-refractivity contribution in [1.29, 1.82) is 0 Å². The number of rotatable bonds is 3. The molecule has 0 saturated heterocycles. The number of aromatic nitrogens is 2. The number of thiazole rings is 1. The molecule has 0 saturated carbocycles. The molecule has 5 heteroatoms. The third kappa shape index (κ3) is 2.16. The Balaban J connectivity index is 1.98. The van der Waals surface area contributed by atoms with Gasteiger partial charge in [-0.05, 0) is 28.1 Å². The zero-order valence-corrected chi connectivity index (χ0v) is 10.1. The lowest BCUT2D eigenvalue weighted by Gasteiger charge is -2.03. The van der Waals surface area contributed by atoms with Crippen LogP contribution >= 0.6 is 27.3 Å². The number of anilines is 1. The molecule has 0 radical (unpaired) electrons. The molecule has 3 nitrogen and oxygen atoms in total. The van der Waals surface area contributed by atoms with E-state index in [9.17, 15) is 0 Å². The molecular weight excluding hydrogens is 262 g/mol. The highest BCUT2D eigenvalue weighted by Gasteiger charge is 2.00. The Morgan fingerprint density at radius 3 is 3.07 bits per heavy atom. The largest absolute Gasteiger partial charge is 0.356 e. The van der Waals surface area contributed by atoms with Gasteiger partial charge in [-0.2, -0.15) is 0 Å². The van der Waals surface area contributed by atoms with Crippen molar-refractivity contribution in [1.82, 2.24) is 9.55 Å². The summed E-state index contributed by atoms with van der Waals surface area (Å²) in [4.78, 5) is 4.20. The first-order chi connectivity index (χ1) is 6.75. The fourth-order valence-electron chi connectivity index (χ4n) is 1.18. The van der Waals surface area contributed by atoms with Gasteiger partial charge in [-0.25, -0.2) is 4.98 Å². The summed E-state index contributed by atoms with van der Waals surface area (Å²) in [6.45, 7) is 0.809. The van der Waals surface area contributed by atoms with Crippen LogP contribution in [0.3, 0.4) is 0 Å². The van der Waals surface area contributed by atoms with E-state index < -0.39 is 0 Å². The first-order valence-corrected chi connectivity index (χ1v) is 5.82. The molecule has 0 bridgehead atoms. The van der Waals surface area contributed by atoms with Gasteiger partial charge in [0.25, 0.3) is 0 Å². The zero-order valence-electron chi connectivity index (χ0n) is 7.70. The van der Waals surface area contributed by atoms with Gasteiger partial charge in [-0.15, -0.1) is 0 Å². The third-order valence-electron chi connectivity index (χ3n) is 1.95. The Kier molecular flexibility index (Phi) is 2.88. The lowest BCUT2D eigenvalue weighted by atomic mass is 10.4. The molecule has 14 heavy (non-hydrogen) atoms. The van der Waals surface area contributed by atoms with Gasteiger partial charge in [0, 0.05) is 18.9 Å². The van der Waals surface area contributed by atoms with Crippen LogP contribution in [0.4, 0.5) is 5.13 Å². The first-order valence-electron chi connectivity index (χ1n) is 4.21. The van der Waals surface area contributed by atoms with E-state index in [0.29, 0.717) is 0 Å². The van der Waals surface area contributed by atoms with Crippen molar-refractivity contribution in [2.24, 2.45) is 7.05 Å². The summed E-state index contributed by atoms with van der Waals surface area (Å²) in [7, 11) is 2.04. The van der Waals surface area contributed by atoms with E-state index in [-0.39, 0.29) is 0 Å². The minimum absolute atomic E-state index is 0.809. The smallest absolute Gasteiger partial charge is 0.184 e. The molecule has 0 fully saturated rings. The van der Waals surface area contributed by atoms with Gasteiger partial charge in [0.05, 0.1) is 16.5 Å². The minimum Gasteiger partial charge on any atom is -0.356 e. The highest BCUT2D eigenvalue weighted by Crippen LogP contribution is 2.23. The van der Waals surface area contributed by atoms with Crippen LogP contribution in [0.2, 0.25) is 0 Å². The molecule has 0 aliphatic carbocycles. The average molecular weight is 272 g/mol. The number of hydrogen-bond donors (Lipinski definition) is 1. The highest BCUT2D eigenvalue weighted by molar-refractivity contribution is 9.11. The van der Waals surface area contributed by atoms with Crippen molar-refractivity contribution >= 4 is 32.4 Å². The minimum atomic E-state index is 0.809. The van der Waals surface area contributed by atoms with E-state index in [1.807, 2.05) is 19.3 Å². The Morgan fingerprint density at radius 2 is 2.50 bits per heavy atom. The molecule has 0 amide bonds. The lowest BCUT2D eigenvalue weighted by Crippen LogP contribution is -2.03. The molecule has 1 N–H and O–H groups in total. The monoisotopic (exact) mass is 271 g/mol. The molecule has 0 aliphatic rings. The van der Waals surface area contributed by atoms with Crippen LogP contribution in [0.25, 0.3) is 0 Å². The van der Waals surface area contributed by atoms with E-state index in [0.717, 1.165) is 15.5 Å². The topological polar surface area (TPSA) is 29.9 Å². The van der Waals surface area contributed by atoms with Crippen molar-refractivity contribution in [3.05, 3.63) is 34.0 Å². The normalized spacial score (nSPS) is 10.4. The molecule has 0 aromatic carbocycles. The van der Waals surface area contributed by atoms with Gasteiger partial charge in [-0.3, -0.25) is 0 Å². The van der Waals surface area contributed by atoms with Crippen LogP contribution in [0.1, 0.15) is 5.69 Å². The maximum absolute atomic E-state index is 4.20. The molecule has 74 valence electrons. The number of aryl methyl sites for hydroxylation is 1. The highest BCUT2D eigenvalue weighted by atomic mass is 79.9. The van der Waals surface area contributed by atoms with Crippen LogP contribution in [0, 0.1) is 0 Å². The molecule has 0 unspecified atom stereocenters. The maximum Gasteiger partial charge on any atom is 0.184 e. The summed E-state index contributed by atoms with van der Waals surface area (Å²) in [5.41, 5.74) is 1.25. The van der Waals surface area contributed by atoms with Gasteiger partial charge < -0.3 is 9.88 Å². The van der Waals surface area contributed by atoms with Crippen LogP contribution < -0.4 is 5.32 Å². The Hall–Kier alpha value is -0.810. The van der Waals surface area contributed by atoms with Crippen LogP contribution in [-0.2, 0) is 13.6 Å². The summed E-state index contributed by atoms with van der Waals surface area (Å²) >= 11 is 4.98. The summed E-state index contributed by atoms with van der Waals surface area (Å²) in [6, 6.07) is 4.13. The quantitative estimate of drug-likeness (QED) is 0.931. The van der Waals surface area contributed by atoms with E-state index in [1.54, 1.807) is 17.5 Å². The Bertz CT molecular complexity index is 421. The van der Waals surface area contributed by atoms with Gasteiger partial charge >= 0.3 is 0 Å². The predicted molar refractivity (Wildman–Crippen MR) is 62.6 cm³/mol. The zero-order chi connectivity index (χ0) is 9.97. The van der Waals surface area contributed by atoms with E-state index in [2.05, 4.69) is 36.9 Å². The van der Waals surface area contributed by atoms with Gasteiger partial charge in [0.15, 0.2) is 5.13 Å². The molecule has 2 rings (SSSR count). The van der Waals surface area contributed by atoms with Crippen molar-refractivity contribution in [2.75, 3.05) is 5.32 Å². The molecule has 0 atom stereocenters. The van der Waals surface area contributed by atoms with E-state index in [4.69, 9.17) is 0 Å². The van der Waals surface area contributed by atoms with Crippen molar-refractivity contribution in [3.63, 3.8) is 0 Å². The number of nitrogens with one attached hydrogen (secondary N) is 1. The number of nitrogens with zero attached hydrogens (tertiary/aromatic N) is 2. The SMILES string of the molecule is Cn1cccc1CNc1ncc(Br)s1. The van der Waals surface area contributed by atoms with Gasteiger partial charge in [-0.1, -0.05) is 11.3 Å². The molecular formula is C9H10BrN3S. The van der Waals surface area contributed by atoms with Crippen LogP contribution in [0.15, 0.2) is 28.3 Å². The fourth-order valence-corrected chi connectivity index (χ4v) is 2.28. The maximum atomic E-state index is 4.20. The van der Waals surface area contributed by atoms with Gasteiger partial charge in [0.1, 0.15) is 0 Å². The first kappa shape index (κ1) is 9.73. The van der Waals surface area contributed by atoms with Crippen LogP contribution in [-0.4, -0.2) is 9.55 Å². The lowest BCUT2D eigenvalue weighted by molar-refractivity contribution is 0.842. The standard InChI is InChI=1S/C9H10BrN3S/c1-13-4-2-3-7(13)5-11-9-12-6-8(10)14-9/h2-4,6H,5H2,1H3,(H,11,12). The van der Waals surface area contributed by atoms with Crippen molar-refractivity contribution in [3.8, 4) is 0 Å². The molecule has 2 aromatic heterocycles. The van der Waals surface area contributed by atoms with E-state index >= 15 is 0 Å². The second-order valence-electron chi connectivity index (χ2n) is 2.93. The number of halogens is 1. The summed E-state index contributed by atoms with van der Waals surface area (Å²) < 4.78 is 3.14. The molecule has 0 aliphatic heterocycles. The number of hydrogen-bond acceptors (Lipinski definition) is 3. The molecule has 2 aromatic rings. The Labute approximate surface area is 94.9 Å². The average Bonchev–Trinajstić information content (AvgIpc) is 2.72. The van der Waals surface area contributed by atoms with Crippen molar-refractivity contribution < 1.29 is 0 Å². The second kappa shape index (κ2) is 4.14.